The first-order valence-electron chi connectivity index (χ1n) is 3.89. The molecule has 1 heterocycles. The van der Waals surface area contributed by atoms with Gasteiger partial charge in [0.05, 0.1) is 0 Å². The molecular formula is C10H5ClHgO2. The standard InChI is InChI=1S/C10H5O2.ClH.Hg/c1-2-3-4-6-9-7-5-8-10(11)12-9;;/h5,8H,1H3;1H;/q;;+1/p-1. The van der Waals surface area contributed by atoms with E-state index in [2.05, 4.69) is 23.7 Å². The van der Waals surface area contributed by atoms with Gasteiger partial charge in [-0.2, -0.15) is 0 Å². The first kappa shape index (κ1) is 11.4. The molecule has 0 saturated carbocycles. The van der Waals surface area contributed by atoms with E-state index >= 15 is 0 Å². The first-order chi connectivity index (χ1) is 6.77. The van der Waals surface area contributed by atoms with Gasteiger partial charge in [0.15, 0.2) is 0 Å². The van der Waals surface area contributed by atoms with Crippen molar-refractivity contribution in [3.05, 3.63) is 28.3 Å². The van der Waals surface area contributed by atoms with Crippen LogP contribution >= 0.6 is 8.25 Å². The molecule has 2 nitrogen and oxygen atoms in total. The summed E-state index contributed by atoms with van der Waals surface area (Å²) in [4.78, 5) is 10.9. The van der Waals surface area contributed by atoms with Crippen molar-refractivity contribution in [3.8, 4) is 23.7 Å². The zero-order chi connectivity index (χ0) is 10.4. The van der Waals surface area contributed by atoms with Crippen LogP contribution in [-0.4, -0.2) is 0 Å². The van der Waals surface area contributed by atoms with E-state index in [9.17, 15) is 4.79 Å². The van der Waals surface area contributed by atoms with Crippen molar-refractivity contribution in [3.63, 3.8) is 0 Å². The molecule has 0 aliphatic carbocycles. The fourth-order valence-corrected chi connectivity index (χ4v) is 4.55. The average Bonchev–Trinajstić information content (AvgIpc) is 2.19. The molecule has 0 aromatic carbocycles. The molecule has 14 heavy (non-hydrogen) atoms. The Morgan fingerprint density at radius 1 is 1.43 bits per heavy atom. The number of hydrogen-bond donors (Lipinski definition) is 0. The Morgan fingerprint density at radius 2 is 2.21 bits per heavy atom. The molecule has 0 fully saturated rings. The molecule has 0 saturated heterocycles. The molecule has 0 bridgehead atoms. The predicted molar refractivity (Wildman–Crippen MR) is 50.8 cm³/mol. The summed E-state index contributed by atoms with van der Waals surface area (Å²) in [7, 11) is 5.85. The summed E-state index contributed by atoms with van der Waals surface area (Å²) in [5.41, 5.74) is -0.402. The van der Waals surface area contributed by atoms with E-state index < -0.39 is 29.0 Å². The minimum absolute atomic E-state index is 0.386. The second-order valence-corrected chi connectivity index (χ2v) is 8.71. The molecule has 1 rings (SSSR count). The third-order valence-electron chi connectivity index (χ3n) is 1.42. The minimum atomic E-state index is -1.59. The molecule has 1 aromatic heterocycles. The maximum atomic E-state index is 10.9. The Labute approximate surface area is 97.5 Å². The van der Waals surface area contributed by atoms with Crippen LogP contribution in [0.3, 0.4) is 0 Å². The third-order valence-corrected chi connectivity index (χ3v) is 7.23. The molecule has 0 radical (unpaired) electrons. The molecule has 66 valence electrons. The Bertz CT molecular complexity index is 497. The predicted octanol–water partition coefficient (Wildman–Crippen LogP) is 0.876. The monoisotopic (exact) mass is 394 g/mol. The van der Waals surface area contributed by atoms with Gasteiger partial charge in [0, 0.05) is 0 Å². The topological polar surface area (TPSA) is 30.2 Å². The number of halogens is 1. The summed E-state index contributed by atoms with van der Waals surface area (Å²) in [5, 5.41) is 0. The van der Waals surface area contributed by atoms with E-state index in [1.165, 1.54) is 6.07 Å². The van der Waals surface area contributed by atoms with Crippen molar-refractivity contribution in [2.45, 2.75) is 6.92 Å². The third kappa shape index (κ3) is 3.22. The first-order valence-corrected chi connectivity index (χ1v) is 13.4. The van der Waals surface area contributed by atoms with E-state index in [4.69, 9.17) is 12.7 Å². The van der Waals surface area contributed by atoms with Crippen molar-refractivity contribution >= 4 is 11.3 Å². The van der Waals surface area contributed by atoms with Gasteiger partial charge in [0.2, 0.25) is 0 Å². The van der Waals surface area contributed by atoms with Gasteiger partial charge in [-0.25, -0.2) is 0 Å². The van der Waals surface area contributed by atoms with Crippen LogP contribution < -0.4 is 8.70 Å². The van der Waals surface area contributed by atoms with Gasteiger partial charge in [0.1, 0.15) is 0 Å². The van der Waals surface area contributed by atoms with Crippen LogP contribution in [0.15, 0.2) is 21.3 Å². The zero-order valence-corrected chi connectivity index (χ0v) is 13.8. The molecule has 0 amide bonds. The SMILES string of the molecule is CC#CC#Cc1oc(=O)cc[c]1[Hg][Cl]. The van der Waals surface area contributed by atoms with Crippen molar-refractivity contribution in [1.29, 1.82) is 0 Å². The summed E-state index contributed by atoms with van der Waals surface area (Å²) in [6.07, 6.45) is 0. The van der Waals surface area contributed by atoms with Gasteiger partial charge < -0.3 is 0 Å². The molecule has 0 spiro atoms. The van der Waals surface area contributed by atoms with Crippen molar-refractivity contribution < 1.29 is 27.8 Å². The fourth-order valence-electron chi connectivity index (χ4n) is 0.806. The van der Waals surface area contributed by atoms with Crippen LogP contribution in [0.1, 0.15) is 12.7 Å². The van der Waals surface area contributed by atoms with Gasteiger partial charge in [-0.15, -0.1) is 0 Å². The Kier molecular flexibility index (Phi) is 4.80. The summed E-state index contributed by atoms with van der Waals surface area (Å²) in [6, 6.07) is 3.07. The molecular weight excluding hydrogens is 388 g/mol. The van der Waals surface area contributed by atoms with Gasteiger partial charge in [-0.05, 0) is 0 Å². The van der Waals surface area contributed by atoms with Gasteiger partial charge in [-0.3, -0.25) is 0 Å². The van der Waals surface area contributed by atoms with Crippen LogP contribution in [0, 0.1) is 23.7 Å². The van der Waals surface area contributed by atoms with Crippen molar-refractivity contribution in [2.24, 2.45) is 0 Å². The Balaban J connectivity index is 3.17. The summed E-state index contributed by atoms with van der Waals surface area (Å²) < 4.78 is 5.83. The van der Waals surface area contributed by atoms with E-state index in [0.29, 0.717) is 5.76 Å². The second kappa shape index (κ2) is 5.91. The maximum absolute atomic E-state index is 10.9. The van der Waals surface area contributed by atoms with Crippen LogP contribution in [0.5, 0.6) is 0 Å². The molecule has 0 aliphatic heterocycles. The van der Waals surface area contributed by atoms with E-state index in [1.54, 1.807) is 13.0 Å². The van der Waals surface area contributed by atoms with E-state index in [1.807, 2.05) is 0 Å². The van der Waals surface area contributed by atoms with E-state index in [0.717, 1.165) is 3.07 Å². The Morgan fingerprint density at radius 3 is 2.86 bits per heavy atom. The Hall–Kier alpha value is -0.705. The van der Waals surface area contributed by atoms with Crippen LogP contribution in [0.4, 0.5) is 0 Å². The molecule has 1 aromatic rings. The second-order valence-electron chi connectivity index (χ2n) is 2.37. The summed E-state index contributed by atoms with van der Waals surface area (Å²) >= 11 is -1.59. The zero-order valence-electron chi connectivity index (χ0n) is 7.56. The van der Waals surface area contributed by atoms with Gasteiger partial charge in [0.25, 0.3) is 0 Å². The van der Waals surface area contributed by atoms with Crippen molar-refractivity contribution in [1.82, 2.24) is 0 Å². The summed E-state index contributed by atoms with van der Waals surface area (Å²) in [6.45, 7) is 1.69. The van der Waals surface area contributed by atoms with Crippen molar-refractivity contribution in [2.75, 3.05) is 0 Å². The molecule has 0 atom stereocenters. The van der Waals surface area contributed by atoms with Crippen LogP contribution in [-0.2, 0) is 23.3 Å². The quantitative estimate of drug-likeness (QED) is 0.524. The number of hydrogen-bond acceptors (Lipinski definition) is 2. The van der Waals surface area contributed by atoms with Gasteiger partial charge >= 0.3 is 98.0 Å². The van der Waals surface area contributed by atoms with Crippen LogP contribution in [0.25, 0.3) is 0 Å². The van der Waals surface area contributed by atoms with E-state index in [-0.39, 0.29) is 0 Å². The fraction of sp³-hybridized carbons (Fsp3) is 0.100. The molecule has 0 aliphatic rings. The molecule has 4 heteroatoms. The van der Waals surface area contributed by atoms with Crippen LogP contribution in [0.2, 0.25) is 0 Å². The average molecular weight is 393 g/mol. The van der Waals surface area contributed by atoms with Gasteiger partial charge in [-0.1, -0.05) is 0 Å². The normalized spacial score (nSPS) is 7.57. The number of rotatable bonds is 1. The molecule has 0 N–H and O–H groups in total. The summed E-state index contributed by atoms with van der Waals surface area (Å²) in [5.74, 6) is 10.9. The molecule has 0 unspecified atom stereocenters.